The van der Waals surface area contributed by atoms with Crippen molar-refractivity contribution in [3.63, 3.8) is 0 Å². The SMILES string of the molecule is O=C1CC(C(=O)c2ccc(Cl)cc2)C(=O)N1. The van der Waals surface area contributed by atoms with Crippen LogP contribution in [0.3, 0.4) is 0 Å². The average molecular weight is 238 g/mol. The van der Waals surface area contributed by atoms with Crippen molar-refractivity contribution in [3.8, 4) is 0 Å². The highest BCUT2D eigenvalue weighted by Gasteiger charge is 2.36. The maximum absolute atomic E-state index is 11.9. The van der Waals surface area contributed by atoms with E-state index in [1.54, 1.807) is 24.3 Å². The van der Waals surface area contributed by atoms with Crippen LogP contribution in [0.4, 0.5) is 0 Å². The second-order valence-electron chi connectivity index (χ2n) is 3.54. The molecule has 1 fully saturated rings. The summed E-state index contributed by atoms with van der Waals surface area (Å²) < 4.78 is 0. The fourth-order valence-corrected chi connectivity index (χ4v) is 1.71. The number of Topliss-reactive ketones (excluding diaryl/α,β-unsaturated/α-hetero) is 1. The van der Waals surface area contributed by atoms with E-state index in [1.165, 1.54) is 0 Å². The molecule has 1 atom stereocenters. The van der Waals surface area contributed by atoms with Gasteiger partial charge in [-0.3, -0.25) is 19.7 Å². The summed E-state index contributed by atoms with van der Waals surface area (Å²) in [6.07, 6.45) is -0.0692. The van der Waals surface area contributed by atoms with Gasteiger partial charge in [0.05, 0.1) is 0 Å². The molecule has 1 heterocycles. The van der Waals surface area contributed by atoms with E-state index in [2.05, 4.69) is 5.32 Å². The molecule has 82 valence electrons. The Morgan fingerprint density at radius 2 is 1.88 bits per heavy atom. The molecular formula is C11H8ClNO3. The van der Waals surface area contributed by atoms with Crippen molar-refractivity contribution in [1.29, 1.82) is 0 Å². The Morgan fingerprint density at radius 3 is 2.38 bits per heavy atom. The molecule has 1 aromatic rings. The van der Waals surface area contributed by atoms with Crippen LogP contribution in [-0.2, 0) is 9.59 Å². The summed E-state index contributed by atoms with van der Waals surface area (Å²) in [6, 6.07) is 6.23. The summed E-state index contributed by atoms with van der Waals surface area (Å²) in [4.78, 5) is 34.1. The molecule has 0 radical (unpaired) electrons. The molecule has 1 N–H and O–H groups in total. The maximum atomic E-state index is 11.9. The van der Waals surface area contributed by atoms with Gasteiger partial charge in [-0.2, -0.15) is 0 Å². The summed E-state index contributed by atoms with van der Waals surface area (Å²) in [5.74, 6) is -2.17. The van der Waals surface area contributed by atoms with E-state index in [1.807, 2.05) is 0 Å². The third kappa shape index (κ3) is 1.97. The molecule has 0 bridgehead atoms. The molecule has 5 heteroatoms. The van der Waals surface area contributed by atoms with Crippen LogP contribution in [-0.4, -0.2) is 17.6 Å². The smallest absolute Gasteiger partial charge is 0.238 e. The summed E-state index contributed by atoms with van der Waals surface area (Å²) in [7, 11) is 0. The van der Waals surface area contributed by atoms with Crippen LogP contribution in [0.15, 0.2) is 24.3 Å². The van der Waals surface area contributed by atoms with Crippen molar-refractivity contribution in [2.24, 2.45) is 5.92 Å². The van der Waals surface area contributed by atoms with Crippen LogP contribution in [0, 0.1) is 5.92 Å². The standard InChI is InChI=1S/C11H8ClNO3/c12-7-3-1-6(2-4-7)10(15)8-5-9(14)13-11(8)16/h1-4,8H,5H2,(H,13,14,16). The van der Waals surface area contributed by atoms with E-state index >= 15 is 0 Å². The number of carbonyl (C=O) groups is 3. The predicted octanol–water partition coefficient (Wildman–Crippen LogP) is 1.19. The van der Waals surface area contributed by atoms with Gasteiger partial charge in [0.2, 0.25) is 11.8 Å². The molecule has 0 aliphatic carbocycles. The lowest BCUT2D eigenvalue weighted by atomic mass is 9.96. The van der Waals surface area contributed by atoms with Crippen molar-refractivity contribution in [2.75, 3.05) is 0 Å². The Hall–Kier alpha value is -1.68. The lowest BCUT2D eigenvalue weighted by molar-refractivity contribution is -0.125. The highest BCUT2D eigenvalue weighted by atomic mass is 35.5. The van der Waals surface area contributed by atoms with Crippen LogP contribution in [0.25, 0.3) is 0 Å². The molecule has 2 amide bonds. The molecule has 2 rings (SSSR count). The van der Waals surface area contributed by atoms with Gasteiger partial charge in [0, 0.05) is 17.0 Å². The van der Waals surface area contributed by atoms with Gasteiger partial charge in [0.25, 0.3) is 0 Å². The zero-order valence-corrected chi connectivity index (χ0v) is 8.95. The minimum Gasteiger partial charge on any atom is -0.296 e. The number of imide groups is 1. The zero-order valence-electron chi connectivity index (χ0n) is 8.20. The van der Waals surface area contributed by atoms with Gasteiger partial charge < -0.3 is 0 Å². The molecule has 1 saturated heterocycles. The van der Waals surface area contributed by atoms with Gasteiger partial charge in [-0.05, 0) is 24.3 Å². The number of nitrogens with one attached hydrogen (secondary N) is 1. The van der Waals surface area contributed by atoms with Crippen LogP contribution < -0.4 is 5.32 Å². The fourth-order valence-electron chi connectivity index (χ4n) is 1.58. The third-order valence-electron chi connectivity index (χ3n) is 2.41. The van der Waals surface area contributed by atoms with Gasteiger partial charge in [0.15, 0.2) is 5.78 Å². The van der Waals surface area contributed by atoms with Crippen molar-refractivity contribution >= 4 is 29.2 Å². The minimum absolute atomic E-state index is 0.0692. The second kappa shape index (κ2) is 4.06. The average Bonchev–Trinajstić information content (AvgIpc) is 2.58. The van der Waals surface area contributed by atoms with E-state index < -0.39 is 17.7 Å². The number of hydrogen-bond donors (Lipinski definition) is 1. The van der Waals surface area contributed by atoms with Gasteiger partial charge in [-0.15, -0.1) is 0 Å². The predicted molar refractivity (Wildman–Crippen MR) is 57.0 cm³/mol. The first kappa shape index (κ1) is 10.8. The van der Waals surface area contributed by atoms with Crippen molar-refractivity contribution in [3.05, 3.63) is 34.9 Å². The maximum Gasteiger partial charge on any atom is 0.238 e. The largest absolute Gasteiger partial charge is 0.296 e. The Labute approximate surface area is 96.6 Å². The van der Waals surface area contributed by atoms with E-state index in [9.17, 15) is 14.4 Å². The molecule has 1 unspecified atom stereocenters. The first-order valence-corrected chi connectivity index (χ1v) is 5.09. The first-order chi connectivity index (χ1) is 7.58. The molecule has 1 aromatic carbocycles. The van der Waals surface area contributed by atoms with E-state index in [0.29, 0.717) is 10.6 Å². The minimum atomic E-state index is -0.895. The van der Waals surface area contributed by atoms with Gasteiger partial charge >= 0.3 is 0 Å². The van der Waals surface area contributed by atoms with Crippen molar-refractivity contribution < 1.29 is 14.4 Å². The van der Waals surface area contributed by atoms with Gasteiger partial charge in [0.1, 0.15) is 5.92 Å². The summed E-state index contributed by atoms with van der Waals surface area (Å²) in [5, 5.41) is 2.62. The number of amides is 2. The number of hydrogen-bond acceptors (Lipinski definition) is 3. The summed E-state index contributed by atoms with van der Waals surface area (Å²) >= 11 is 5.68. The zero-order chi connectivity index (χ0) is 11.7. The van der Waals surface area contributed by atoms with Gasteiger partial charge in [-0.25, -0.2) is 0 Å². The molecule has 0 aromatic heterocycles. The quantitative estimate of drug-likeness (QED) is 0.477. The first-order valence-electron chi connectivity index (χ1n) is 4.71. The van der Waals surface area contributed by atoms with E-state index in [-0.39, 0.29) is 12.2 Å². The highest BCUT2D eigenvalue weighted by molar-refractivity contribution is 6.30. The number of benzene rings is 1. The molecule has 16 heavy (non-hydrogen) atoms. The molecule has 0 saturated carbocycles. The fraction of sp³-hybridized carbons (Fsp3) is 0.182. The summed E-state index contributed by atoms with van der Waals surface area (Å²) in [6.45, 7) is 0. The van der Waals surface area contributed by atoms with Crippen LogP contribution in [0.5, 0.6) is 0 Å². The molecule has 0 spiro atoms. The van der Waals surface area contributed by atoms with Crippen LogP contribution in [0.2, 0.25) is 5.02 Å². The molecule has 1 aliphatic rings. The van der Waals surface area contributed by atoms with Crippen molar-refractivity contribution in [2.45, 2.75) is 6.42 Å². The number of rotatable bonds is 2. The third-order valence-corrected chi connectivity index (χ3v) is 2.67. The van der Waals surface area contributed by atoms with Crippen LogP contribution >= 0.6 is 11.6 Å². The number of halogens is 1. The Balaban J connectivity index is 2.22. The lowest BCUT2D eigenvalue weighted by Gasteiger charge is -2.04. The topological polar surface area (TPSA) is 63.2 Å². The second-order valence-corrected chi connectivity index (χ2v) is 3.98. The molecule has 1 aliphatic heterocycles. The normalized spacial score (nSPS) is 19.7. The van der Waals surface area contributed by atoms with Crippen molar-refractivity contribution in [1.82, 2.24) is 5.32 Å². The Bertz CT molecular complexity index is 467. The molecule has 4 nitrogen and oxygen atoms in total. The van der Waals surface area contributed by atoms with Gasteiger partial charge in [-0.1, -0.05) is 11.6 Å². The lowest BCUT2D eigenvalue weighted by Crippen LogP contribution is -2.26. The number of ketones is 1. The number of carbonyl (C=O) groups excluding carboxylic acids is 3. The summed E-state index contributed by atoms with van der Waals surface area (Å²) in [5.41, 5.74) is 0.388. The monoisotopic (exact) mass is 237 g/mol. The Kier molecular flexibility index (Phi) is 2.75. The Morgan fingerprint density at radius 1 is 1.25 bits per heavy atom. The highest BCUT2D eigenvalue weighted by Crippen LogP contribution is 2.18. The van der Waals surface area contributed by atoms with E-state index in [4.69, 9.17) is 11.6 Å². The van der Waals surface area contributed by atoms with E-state index in [0.717, 1.165) is 0 Å². The molecular weight excluding hydrogens is 230 g/mol. The van der Waals surface area contributed by atoms with Crippen LogP contribution in [0.1, 0.15) is 16.8 Å².